The van der Waals surface area contributed by atoms with Gasteiger partial charge in [-0.3, -0.25) is 4.40 Å². The lowest BCUT2D eigenvalue weighted by Crippen LogP contribution is -1.92. The quantitative estimate of drug-likeness (QED) is 0.653. The number of hydrogen-bond donors (Lipinski definition) is 0. The Morgan fingerprint density at radius 3 is 3.05 bits per heavy atom. The predicted molar refractivity (Wildman–Crippen MR) is 85.4 cm³/mol. The molecule has 0 saturated carbocycles. The van der Waals surface area contributed by atoms with Crippen LogP contribution in [-0.4, -0.2) is 16.5 Å². The zero-order chi connectivity index (χ0) is 13.9. The summed E-state index contributed by atoms with van der Waals surface area (Å²) < 4.78 is 8.55. The Hall–Kier alpha value is -1.46. The van der Waals surface area contributed by atoms with Crippen LogP contribution in [0.3, 0.4) is 0 Å². The molecule has 20 heavy (non-hydrogen) atoms. The van der Waals surface area contributed by atoms with E-state index in [1.807, 2.05) is 36.7 Å². The van der Waals surface area contributed by atoms with Gasteiger partial charge in [-0.15, -0.1) is 0 Å². The van der Waals surface area contributed by atoms with Gasteiger partial charge >= 0.3 is 0 Å². The van der Waals surface area contributed by atoms with Crippen LogP contribution in [-0.2, 0) is 5.75 Å². The second-order valence-electron chi connectivity index (χ2n) is 4.28. The molecule has 2 aromatic heterocycles. The van der Waals surface area contributed by atoms with Crippen LogP contribution >= 0.6 is 27.7 Å². The standard InChI is InChI=1S/C15H13BrN2OS/c1-19-14-6-5-12(16)8-11(14)10-20-15-17-9-13-4-2-3-7-18(13)15/h2-9H,10H2,1H3. The largest absolute Gasteiger partial charge is 0.496 e. The molecule has 0 aliphatic rings. The molecule has 1 aromatic carbocycles. The van der Waals surface area contributed by atoms with Crippen LogP contribution in [0.25, 0.3) is 5.52 Å². The monoisotopic (exact) mass is 348 g/mol. The number of imidazole rings is 1. The highest BCUT2D eigenvalue weighted by Crippen LogP contribution is 2.29. The highest BCUT2D eigenvalue weighted by Gasteiger charge is 2.08. The fourth-order valence-electron chi connectivity index (χ4n) is 2.03. The van der Waals surface area contributed by atoms with Crippen molar-refractivity contribution in [1.29, 1.82) is 0 Å². The predicted octanol–water partition coefficient (Wildman–Crippen LogP) is 4.40. The molecule has 0 atom stereocenters. The summed E-state index contributed by atoms with van der Waals surface area (Å²) in [6.07, 6.45) is 3.92. The van der Waals surface area contributed by atoms with Crippen LogP contribution in [0.2, 0.25) is 0 Å². The molecule has 3 rings (SSSR count). The van der Waals surface area contributed by atoms with Gasteiger partial charge in [-0.1, -0.05) is 33.8 Å². The van der Waals surface area contributed by atoms with Crippen molar-refractivity contribution in [2.75, 3.05) is 7.11 Å². The number of aromatic nitrogens is 2. The molecule has 102 valence electrons. The molecule has 3 aromatic rings. The van der Waals surface area contributed by atoms with Gasteiger partial charge in [-0.25, -0.2) is 4.98 Å². The Balaban J connectivity index is 1.84. The molecule has 0 bridgehead atoms. The zero-order valence-electron chi connectivity index (χ0n) is 10.9. The lowest BCUT2D eigenvalue weighted by atomic mass is 10.2. The minimum atomic E-state index is 0.816. The number of benzene rings is 1. The van der Waals surface area contributed by atoms with E-state index in [1.54, 1.807) is 18.9 Å². The molecule has 0 aliphatic carbocycles. The number of ether oxygens (including phenoxy) is 1. The normalized spacial score (nSPS) is 10.9. The van der Waals surface area contributed by atoms with Crippen molar-refractivity contribution in [2.24, 2.45) is 0 Å². The van der Waals surface area contributed by atoms with Crippen molar-refractivity contribution in [1.82, 2.24) is 9.38 Å². The van der Waals surface area contributed by atoms with E-state index in [9.17, 15) is 0 Å². The van der Waals surface area contributed by atoms with E-state index in [-0.39, 0.29) is 0 Å². The van der Waals surface area contributed by atoms with Crippen molar-refractivity contribution in [2.45, 2.75) is 10.9 Å². The van der Waals surface area contributed by atoms with E-state index in [1.165, 1.54) is 0 Å². The fraction of sp³-hybridized carbons (Fsp3) is 0.133. The molecule has 0 fully saturated rings. The van der Waals surface area contributed by atoms with Gasteiger partial charge in [0.15, 0.2) is 5.16 Å². The molecule has 5 heteroatoms. The molecular weight excluding hydrogens is 336 g/mol. The molecule has 0 spiro atoms. The molecule has 0 aliphatic heterocycles. The Morgan fingerprint density at radius 1 is 1.30 bits per heavy atom. The van der Waals surface area contributed by atoms with Crippen LogP contribution in [0.15, 0.2) is 58.4 Å². The lowest BCUT2D eigenvalue weighted by Gasteiger charge is -2.08. The number of rotatable bonds is 4. The third-order valence-corrected chi connectivity index (χ3v) is 4.51. The molecule has 0 radical (unpaired) electrons. The Morgan fingerprint density at radius 2 is 2.20 bits per heavy atom. The first kappa shape index (κ1) is 13.5. The van der Waals surface area contributed by atoms with Crippen molar-refractivity contribution in [3.63, 3.8) is 0 Å². The molecule has 2 heterocycles. The van der Waals surface area contributed by atoms with Crippen LogP contribution in [0.5, 0.6) is 5.75 Å². The highest BCUT2D eigenvalue weighted by molar-refractivity contribution is 9.10. The van der Waals surface area contributed by atoms with Crippen LogP contribution in [0.1, 0.15) is 5.56 Å². The van der Waals surface area contributed by atoms with Gasteiger partial charge in [0.05, 0.1) is 18.8 Å². The average Bonchev–Trinajstić information content (AvgIpc) is 2.88. The van der Waals surface area contributed by atoms with E-state index in [0.29, 0.717) is 0 Å². The van der Waals surface area contributed by atoms with E-state index >= 15 is 0 Å². The van der Waals surface area contributed by atoms with E-state index in [0.717, 1.165) is 32.2 Å². The second kappa shape index (κ2) is 5.89. The fourth-order valence-corrected chi connectivity index (χ4v) is 3.38. The second-order valence-corrected chi connectivity index (χ2v) is 6.14. The van der Waals surface area contributed by atoms with Gasteiger partial charge in [0.2, 0.25) is 0 Å². The van der Waals surface area contributed by atoms with Crippen molar-refractivity contribution < 1.29 is 4.74 Å². The summed E-state index contributed by atoms with van der Waals surface area (Å²) in [6.45, 7) is 0. The number of fused-ring (bicyclic) bond motifs is 1. The minimum Gasteiger partial charge on any atom is -0.496 e. The van der Waals surface area contributed by atoms with Crippen LogP contribution in [0, 0.1) is 0 Å². The summed E-state index contributed by atoms with van der Waals surface area (Å²) in [4.78, 5) is 4.46. The highest BCUT2D eigenvalue weighted by atomic mass is 79.9. The first-order valence-corrected chi connectivity index (χ1v) is 7.93. The van der Waals surface area contributed by atoms with E-state index in [2.05, 4.69) is 37.4 Å². The third kappa shape index (κ3) is 2.69. The Labute approximate surface area is 130 Å². The van der Waals surface area contributed by atoms with Crippen molar-refractivity contribution in [3.8, 4) is 5.75 Å². The summed E-state index contributed by atoms with van der Waals surface area (Å²) >= 11 is 5.20. The summed E-state index contributed by atoms with van der Waals surface area (Å²) in [5.41, 5.74) is 2.26. The van der Waals surface area contributed by atoms with Crippen LogP contribution < -0.4 is 4.74 Å². The van der Waals surface area contributed by atoms with E-state index < -0.39 is 0 Å². The maximum absolute atomic E-state index is 5.40. The van der Waals surface area contributed by atoms with E-state index in [4.69, 9.17) is 4.74 Å². The van der Waals surface area contributed by atoms with Gasteiger partial charge < -0.3 is 4.74 Å². The molecule has 0 amide bonds. The van der Waals surface area contributed by atoms with Gasteiger partial charge in [-0.05, 0) is 30.3 Å². The number of hydrogen-bond acceptors (Lipinski definition) is 3. The third-order valence-electron chi connectivity index (χ3n) is 3.00. The molecule has 0 saturated heterocycles. The number of pyridine rings is 1. The van der Waals surface area contributed by atoms with Gasteiger partial charge in [0, 0.05) is 22.0 Å². The Kier molecular flexibility index (Phi) is 3.98. The zero-order valence-corrected chi connectivity index (χ0v) is 13.3. The number of methoxy groups -OCH3 is 1. The summed E-state index contributed by atoms with van der Waals surface area (Å²) in [7, 11) is 1.70. The first-order chi connectivity index (χ1) is 9.78. The average molecular weight is 349 g/mol. The lowest BCUT2D eigenvalue weighted by molar-refractivity contribution is 0.411. The topological polar surface area (TPSA) is 26.5 Å². The van der Waals surface area contributed by atoms with Crippen molar-refractivity contribution >= 4 is 33.2 Å². The Bertz CT molecular complexity index is 742. The van der Waals surface area contributed by atoms with Crippen LogP contribution in [0.4, 0.5) is 0 Å². The summed E-state index contributed by atoms with van der Waals surface area (Å²) in [5.74, 6) is 1.72. The number of thioether (sulfide) groups is 1. The first-order valence-electron chi connectivity index (χ1n) is 6.15. The SMILES string of the molecule is COc1ccc(Br)cc1CSc1ncc2ccccn12. The molecule has 0 unspecified atom stereocenters. The van der Waals surface area contributed by atoms with Gasteiger partial charge in [0.1, 0.15) is 5.75 Å². The minimum absolute atomic E-state index is 0.816. The number of halogens is 1. The molecule has 3 nitrogen and oxygen atoms in total. The molecular formula is C15H13BrN2OS. The molecule has 0 N–H and O–H groups in total. The smallest absolute Gasteiger partial charge is 0.172 e. The van der Waals surface area contributed by atoms with Gasteiger partial charge in [0.25, 0.3) is 0 Å². The maximum Gasteiger partial charge on any atom is 0.172 e. The summed E-state index contributed by atoms with van der Waals surface area (Å²) in [6, 6.07) is 12.1. The maximum atomic E-state index is 5.40. The number of nitrogens with zero attached hydrogens (tertiary/aromatic N) is 2. The summed E-state index contributed by atoms with van der Waals surface area (Å²) in [5, 5.41) is 0.989. The van der Waals surface area contributed by atoms with Crippen molar-refractivity contribution in [3.05, 3.63) is 58.8 Å². The van der Waals surface area contributed by atoms with Gasteiger partial charge in [-0.2, -0.15) is 0 Å².